The number of halogens is 1. The number of carbonyl (C=O) groups is 1. The average molecular weight is 396 g/mol. The molecule has 144 valence electrons. The van der Waals surface area contributed by atoms with Crippen molar-refractivity contribution in [3.63, 3.8) is 0 Å². The molecule has 0 N–H and O–H groups in total. The Morgan fingerprint density at radius 2 is 1.71 bits per heavy atom. The van der Waals surface area contributed by atoms with Crippen molar-refractivity contribution >= 4 is 28.4 Å². The fourth-order valence-electron chi connectivity index (χ4n) is 3.35. The lowest BCUT2D eigenvalue weighted by Gasteiger charge is -2.34. The fourth-order valence-corrected chi connectivity index (χ4v) is 3.47. The summed E-state index contributed by atoms with van der Waals surface area (Å²) in [6.07, 6.45) is 0. The van der Waals surface area contributed by atoms with Crippen LogP contribution < -0.4 is 4.74 Å². The average Bonchev–Trinajstić information content (AvgIpc) is 2.75. The van der Waals surface area contributed by atoms with Crippen molar-refractivity contribution in [3.8, 4) is 5.75 Å². The van der Waals surface area contributed by atoms with Gasteiger partial charge in [0, 0.05) is 43.1 Å². The standard InChI is InChI=1S/C22H22ClN3O2/c23-18-6-8-19(9-7-18)28-16-15-25-11-13-26(14-12-25)22(27)21-10-5-17-3-1-2-4-20(17)24-21/h1-10H,11-16H2. The van der Waals surface area contributed by atoms with Crippen LogP contribution in [0.2, 0.25) is 5.02 Å². The van der Waals surface area contributed by atoms with Crippen molar-refractivity contribution in [1.29, 1.82) is 0 Å². The molecule has 5 nitrogen and oxygen atoms in total. The van der Waals surface area contributed by atoms with Crippen molar-refractivity contribution in [2.45, 2.75) is 0 Å². The van der Waals surface area contributed by atoms with Gasteiger partial charge in [0.2, 0.25) is 0 Å². The predicted octanol–water partition coefficient (Wildman–Crippen LogP) is 3.73. The molecule has 1 aliphatic rings. The van der Waals surface area contributed by atoms with E-state index in [0.717, 1.165) is 36.3 Å². The highest BCUT2D eigenvalue weighted by Crippen LogP contribution is 2.16. The van der Waals surface area contributed by atoms with E-state index in [-0.39, 0.29) is 5.91 Å². The van der Waals surface area contributed by atoms with Gasteiger partial charge in [-0.25, -0.2) is 4.98 Å². The van der Waals surface area contributed by atoms with E-state index in [1.807, 2.05) is 65.6 Å². The monoisotopic (exact) mass is 395 g/mol. The summed E-state index contributed by atoms with van der Waals surface area (Å²) in [6.45, 7) is 4.52. The lowest BCUT2D eigenvalue weighted by atomic mass is 10.2. The minimum atomic E-state index is 0.00261. The molecule has 0 spiro atoms. The number of hydrogen-bond acceptors (Lipinski definition) is 4. The van der Waals surface area contributed by atoms with E-state index in [1.165, 1.54) is 0 Å². The zero-order valence-corrected chi connectivity index (χ0v) is 16.3. The molecule has 2 aromatic carbocycles. The summed E-state index contributed by atoms with van der Waals surface area (Å²) in [5.74, 6) is 0.823. The first-order chi connectivity index (χ1) is 13.7. The van der Waals surface area contributed by atoms with Gasteiger partial charge in [-0.3, -0.25) is 9.69 Å². The molecule has 1 amide bonds. The molecule has 0 aliphatic carbocycles. The van der Waals surface area contributed by atoms with Gasteiger partial charge >= 0.3 is 0 Å². The first kappa shape index (κ1) is 18.7. The van der Waals surface area contributed by atoms with Crippen LogP contribution in [0.5, 0.6) is 5.75 Å². The number of carbonyl (C=O) groups excluding carboxylic acids is 1. The molecule has 0 bridgehead atoms. The highest BCUT2D eigenvalue weighted by molar-refractivity contribution is 6.30. The highest BCUT2D eigenvalue weighted by Gasteiger charge is 2.23. The quantitative estimate of drug-likeness (QED) is 0.660. The van der Waals surface area contributed by atoms with E-state index in [9.17, 15) is 4.79 Å². The molecule has 1 saturated heterocycles. The van der Waals surface area contributed by atoms with Gasteiger partial charge in [0.1, 0.15) is 18.1 Å². The molecule has 0 radical (unpaired) electrons. The maximum Gasteiger partial charge on any atom is 0.272 e. The molecule has 2 heterocycles. The number of pyridine rings is 1. The molecule has 6 heteroatoms. The van der Waals surface area contributed by atoms with Crippen LogP contribution in [0.4, 0.5) is 0 Å². The number of hydrogen-bond donors (Lipinski definition) is 0. The number of fused-ring (bicyclic) bond motifs is 1. The van der Waals surface area contributed by atoms with Crippen LogP contribution in [0.25, 0.3) is 10.9 Å². The summed E-state index contributed by atoms with van der Waals surface area (Å²) in [7, 11) is 0. The third kappa shape index (κ3) is 4.43. The Morgan fingerprint density at radius 3 is 2.50 bits per heavy atom. The second kappa shape index (κ2) is 8.59. The molecule has 1 fully saturated rings. The van der Waals surface area contributed by atoms with E-state index in [2.05, 4.69) is 9.88 Å². The van der Waals surface area contributed by atoms with Crippen molar-refractivity contribution in [3.05, 3.63) is 71.4 Å². The van der Waals surface area contributed by atoms with Crippen LogP contribution in [0.15, 0.2) is 60.7 Å². The molecule has 3 aromatic rings. The zero-order chi connectivity index (χ0) is 19.3. The molecule has 0 atom stereocenters. The van der Waals surface area contributed by atoms with Gasteiger partial charge in [-0.05, 0) is 36.4 Å². The van der Waals surface area contributed by atoms with E-state index in [4.69, 9.17) is 16.3 Å². The molecule has 0 unspecified atom stereocenters. The number of amides is 1. The molecule has 4 rings (SSSR count). The van der Waals surface area contributed by atoms with Crippen LogP contribution in [0, 0.1) is 0 Å². The molecule has 0 saturated carbocycles. The summed E-state index contributed by atoms with van der Waals surface area (Å²) in [5, 5.41) is 1.75. The third-order valence-corrected chi connectivity index (χ3v) is 5.22. The van der Waals surface area contributed by atoms with Crippen LogP contribution in [0.1, 0.15) is 10.5 Å². The van der Waals surface area contributed by atoms with Crippen molar-refractivity contribution < 1.29 is 9.53 Å². The minimum absolute atomic E-state index is 0.00261. The molecule has 1 aliphatic heterocycles. The smallest absolute Gasteiger partial charge is 0.272 e. The molecular weight excluding hydrogens is 374 g/mol. The third-order valence-electron chi connectivity index (χ3n) is 4.97. The minimum Gasteiger partial charge on any atom is -0.492 e. The van der Waals surface area contributed by atoms with Crippen molar-refractivity contribution in [1.82, 2.24) is 14.8 Å². The molecular formula is C22H22ClN3O2. The van der Waals surface area contributed by atoms with Gasteiger partial charge in [0.15, 0.2) is 0 Å². The zero-order valence-electron chi connectivity index (χ0n) is 15.6. The van der Waals surface area contributed by atoms with Gasteiger partial charge in [0.25, 0.3) is 5.91 Å². The van der Waals surface area contributed by atoms with Gasteiger partial charge in [-0.1, -0.05) is 35.9 Å². The number of benzene rings is 2. The molecule has 28 heavy (non-hydrogen) atoms. The number of rotatable bonds is 5. The largest absolute Gasteiger partial charge is 0.492 e. The maximum absolute atomic E-state index is 12.8. The van der Waals surface area contributed by atoms with E-state index in [1.54, 1.807) is 0 Å². The Hall–Kier alpha value is -2.63. The summed E-state index contributed by atoms with van der Waals surface area (Å²) < 4.78 is 5.76. The van der Waals surface area contributed by atoms with Gasteiger partial charge < -0.3 is 9.64 Å². The van der Waals surface area contributed by atoms with E-state index >= 15 is 0 Å². The maximum atomic E-state index is 12.8. The Bertz CT molecular complexity index is 953. The first-order valence-corrected chi connectivity index (χ1v) is 9.83. The highest BCUT2D eigenvalue weighted by atomic mass is 35.5. The SMILES string of the molecule is O=C(c1ccc2ccccc2n1)N1CCN(CCOc2ccc(Cl)cc2)CC1. The van der Waals surface area contributed by atoms with Crippen LogP contribution >= 0.6 is 11.6 Å². The number of nitrogens with zero attached hydrogens (tertiary/aromatic N) is 3. The topological polar surface area (TPSA) is 45.7 Å². The lowest BCUT2D eigenvalue weighted by molar-refractivity contribution is 0.0615. The Labute approximate surface area is 169 Å². The molecule has 1 aromatic heterocycles. The second-order valence-corrected chi connectivity index (χ2v) is 7.26. The fraction of sp³-hybridized carbons (Fsp3) is 0.273. The van der Waals surface area contributed by atoms with Gasteiger partial charge in [-0.15, -0.1) is 0 Å². The Balaban J connectivity index is 1.27. The Kier molecular flexibility index (Phi) is 5.74. The van der Waals surface area contributed by atoms with E-state index < -0.39 is 0 Å². The summed E-state index contributed by atoms with van der Waals surface area (Å²) in [6, 6.07) is 19.0. The second-order valence-electron chi connectivity index (χ2n) is 6.83. The van der Waals surface area contributed by atoms with Crippen molar-refractivity contribution in [2.24, 2.45) is 0 Å². The van der Waals surface area contributed by atoms with Gasteiger partial charge in [0.05, 0.1) is 5.52 Å². The summed E-state index contributed by atoms with van der Waals surface area (Å²) in [4.78, 5) is 21.5. The van der Waals surface area contributed by atoms with Crippen LogP contribution in [0.3, 0.4) is 0 Å². The predicted molar refractivity (Wildman–Crippen MR) is 111 cm³/mol. The van der Waals surface area contributed by atoms with Crippen LogP contribution in [-0.4, -0.2) is 60.0 Å². The number of ether oxygens (including phenoxy) is 1. The van der Waals surface area contributed by atoms with Crippen LogP contribution in [-0.2, 0) is 0 Å². The van der Waals surface area contributed by atoms with E-state index in [0.29, 0.717) is 30.4 Å². The normalized spacial score (nSPS) is 15.0. The first-order valence-electron chi connectivity index (χ1n) is 9.45. The van der Waals surface area contributed by atoms with Crippen molar-refractivity contribution in [2.75, 3.05) is 39.3 Å². The summed E-state index contributed by atoms with van der Waals surface area (Å²) in [5.41, 5.74) is 1.37. The number of aromatic nitrogens is 1. The van der Waals surface area contributed by atoms with Gasteiger partial charge in [-0.2, -0.15) is 0 Å². The summed E-state index contributed by atoms with van der Waals surface area (Å²) >= 11 is 5.88. The number of piperazine rings is 1. The lowest BCUT2D eigenvalue weighted by Crippen LogP contribution is -2.49. The number of para-hydroxylation sites is 1. The Morgan fingerprint density at radius 1 is 0.964 bits per heavy atom.